The van der Waals surface area contributed by atoms with E-state index in [2.05, 4.69) is 58.4 Å². The lowest BCUT2D eigenvalue weighted by atomic mass is 9.89. The molecule has 2 unspecified atom stereocenters. The summed E-state index contributed by atoms with van der Waals surface area (Å²) in [4.78, 5) is 12.6. The number of aliphatic hydroxyl groups is 1. The SMILES string of the molecule is CC[CH]CCCC(CCCC)CCCC(CO)COC(=O)CCC(OCCCC/C=C\CC)OCCCC/C=C\CC. The van der Waals surface area contributed by atoms with Gasteiger partial charge in [-0.15, -0.1) is 0 Å². The van der Waals surface area contributed by atoms with Crippen molar-refractivity contribution in [1.29, 1.82) is 0 Å². The first-order valence-corrected chi connectivity index (χ1v) is 17.7. The molecule has 0 aromatic carbocycles. The van der Waals surface area contributed by atoms with Gasteiger partial charge in [0.1, 0.15) is 0 Å². The topological polar surface area (TPSA) is 65.0 Å². The summed E-state index contributed by atoms with van der Waals surface area (Å²) in [6.45, 7) is 10.4. The van der Waals surface area contributed by atoms with Crippen LogP contribution in [0.5, 0.6) is 0 Å². The maximum atomic E-state index is 12.6. The molecule has 0 saturated carbocycles. The van der Waals surface area contributed by atoms with Crippen molar-refractivity contribution in [3.05, 3.63) is 30.7 Å². The summed E-state index contributed by atoms with van der Waals surface area (Å²) in [6.07, 6.45) is 32.1. The molecule has 1 N–H and O–H groups in total. The average Bonchev–Trinajstić information content (AvgIpc) is 3.00. The predicted octanol–water partition coefficient (Wildman–Crippen LogP) is 10.3. The van der Waals surface area contributed by atoms with Gasteiger partial charge in [0.25, 0.3) is 0 Å². The van der Waals surface area contributed by atoms with Gasteiger partial charge in [0.2, 0.25) is 0 Å². The Kier molecular flexibility index (Phi) is 31.8. The summed E-state index contributed by atoms with van der Waals surface area (Å²) >= 11 is 0. The lowest BCUT2D eigenvalue weighted by Gasteiger charge is -2.20. The summed E-state index contributed by atoms with van der Waals surface area (Å²) in [5, 5.41) is 9.90. The van der Waals surface area contributed by atoms with Crippen LogP contribution in [-0.2, 0) is 19.0 Å². The largest absolute Gasteiger partial charge is 0.465 e. The van der Waals surface area contributed by atoms with Crippen LogP contribution >= 0.6 is 0 Å². The molecule has 0 amide bonds. The number of aliphatic hydroxyl groups excluding tert-OH is 1. The number of rotatable bonds is 32. The van der Waals surface area contributed by atoms with E-state index in [-0.39, 0.29) is 31.2 Å². The minimum atomic E-state index is -0.376. The van der Waals surface area contributed by atoms with Crippen molar-refractivity contribution in [2.75, 3.05) is 26.4 Å². The second-order valence-electron chi connectivity index (χ2n) is 11.8. The smallest absolute Gasteiger partial charge is 0.305 e. The summed E-state index contributed by atoms with van der Waals surface area (Å²) in [5.41, 5.74) is 0. The molecule has 42 heavy (non-hydrogen) atoms. The van der Waals surface area contributed by atoms with Crippen LogP contribution < -0.4 is 0 Å². The Bertz CT molecular complexity index is 593. The molecule has 0 fully saturated rings. The lowest BCUT2D eigenvalue weighted by Crippen LogP contribution is -2.22. The van der Waals surface area contributed by atoms with Crippen LogP contribution in [0.3, 0.4) is 0 Å². The van der Waals surface area contributed by atoms with Crippen molar-refractivity contribution in [2.24, 2.45) is 11.8 Å². The highest BCUT2D eigenvalue weighted by atomic mass is 16.7. The van der Waals surface area contributed by atoms with Gasteiger partial charge in [0, 0.05) is 32.2 Å². The van der Waals surface area contributed by atoms with Crippen molar-refractivity contribution in [3.8, 4) is 0 Å². The molecule has 0 aromatic heterocycles. The molecule has 0 aliphatic carbocycles. The molecule has 2 atom stereocenters. The van der Waals surface area contributed by atoms with Gasteiger partial charge in [0.15, 0.2) is 6.29 Å². The Morgan fingerprint density at radius 3 is 1.81 bits per heavy atom. The van der Waals surface area contributed by atoms with E-state index < -0.39 is 0 Å². The van der Waals surface area contributed by atoms with Gasteiger partial charge < -0.3 is 19.3 Å². The summed E-state index contributed by atoms with van der Waals surface area (Å²) in [6, 6.07) is 0. The van der Waals surface area contributed by atoms with Gasteiger partial charge in [-0.3, -0.25) is 4.79 Å². The normalized spacial score (nSPS) is 13.5. The van der Waals surface area contributed by atoms with Crippen LogP contribution in [0.15, 0.2) is 24.3 Å². The third-order valence-corrected chi connectivity index (χ3v) is 7.76. The van der Waals surface area contributed by atoms with Crippen LogP contribution in [0.4, 0.5) is 0 Å². The van der Waals surface area contributed by atoms with Crippen molar-refractivity contribution >= 4 is 5.97 Å². The average molecular weight is 594 g/mol. The number of hydrogen-bond acceptors (Lipinski definition) is 5. The maximum Gasteiger partial charge on any atom is 0.305 e. The lowest BCUT2D eigenvalue weighted by molar-refractivity contribution is -0.160. The molecule has 247 valence electrons. The number of esters is 1. The van der Waals surface area contributed by atoms with E-state index in [1.807, 2.05) is 0 Å². The number of ether oxygens (including phenoxy) is 3. The van der Waals surface area contributed by atoms with Crippen molar-refractivity contribution < 1.29 is 24.1 Å². The third-order valence-electron chi connectivity index (χ3n) is 7.76. The van der Waals surface area contributed by atoms with Gasteiger partial charge in [-0.25, -0.2) is 0 Å². The second kappa shape index (κ2) is 32.7. The van der Waals surface area contributed by atoms with Crippen LogP contribution in [0.1, 0.15) is 156 Å². The number of allylic oxidation sites excluding steroid dienone is 4. The van der Waals surface area contributed by atoms with Gasteiger partial charge in [-0.2, -0.15) is 0 Å². The van der Waals surface area contributed by atoms with E-state index in [1.54, 1.807) is 0 Å². The number of carbonyl (C=O) groups is 1. The van der Waals surface area contributed by atoms with Gasteiger partial charge in [0.05, 0.1) is 13.0 Å². The van der Waals surface area contributed by atoms with Crippen molar-refractivity contribution in [1.82, 2.24) is 0 Å². The van der Waals surface area contributed by atoms with Crippen LogP contribution in [-0.4, -0.2) is 43.8 Å². The fourth-order valence-electron chi connectivity index (χ4n) is 5.06. The molecule has 0 rings (SSSR count). The summed E-state index contributed by atoms with van der Waals surface area (Å²) in [7, 11) is 0. The van der Waals surface area contributed by atoms with Gasteiger partial charge in [-0.05, 0) is 70.1 Å². The van der Waals surface area contributed by atoms with E-state index >= 15 is 0 Å². The van der Waals surface area contributed by atoms with E-state index in [1.165, 1.54) is 44.9 Å². The fraction of sp³-hybridized carbons (Fsp3) is 0.838. The molecule has 0 heterocycles. The number of carbonyl (C=O) groups excluding carboxylic acids is 1. The Balaban J connectivity index is 4.46. The summed E-state index contributed by atoms with van der Waals surface area (Å²) in [5.74, 6) is 0.559. The first-order valence-electron chi connectivity index (χ1n) is 17.7. The van der Waals surface area contributed by atoms with E-state index in [0.29, 0.717) is 26.2 Å². The molecule has 1 radical (unpaired) electrons. The summed E-state index contributed by atoms with van der Waals surface area (Å²) < 4.78 is 17.6. The Morgan fingerprint density at radius 1 is 0.643 bits per heavy atom. The van der Waals surface area contributed by atoms with E-state index in [9.17, 15) is 9.90 Å². The maximum absolute atomic E-state index is 12.6. The minimum absolute atomic E-state index is 0.0148. The molecule has 0 saturated heterocycles. The molecule has 0 aliphatic rings. The number of unbranched alkanes of at least 4 members (excludes halogenated alkanes) is 8. The molecule has 0 bridgehead atoms. The molecular formula is C37H69O5. The first kappa shape index (κ1) is 40.8. The van der Waals surface area contributed by atoms with Crippen molar-refractivity contribution in [3.63, 3.8) is 0 Å². The zero-order chi connectivity index (χ0) is 30.9. The van der Waals surface area contributed by atoms with Gasteiger partial charge in [-0.1, -0.05) is 110 Å². The van der Waals surface area contributed by atoms with Gasteiger partial charge >= 0.3 is 5.97 Å². The first-order chi connectivity index (χ1) is 20.6. The Labute approximate surface area is 261 Å². The molecule has 5 nitrogen and oxygen atoms in total. The highest BCUT2D eigenvalue weighted by Gasteiger charge is 2.16. The Hall–Kier alpha value is -1.17. The zero-order valence-electron chi connectivity index (χ0n) is 28.2. The molecule has 0 aromatic rings. The van der Waals surface area contributed by atoms with Crippen LogP contribution in [0.25, 0.3) is 0 Å². The standard InChI is InChI=1S/C37H69O5/c1-5-9-13-16-18-21-30-40-37(41-31-22-19-17-14-10-6-2)29-28-36(39)42-33-35(32-38)27-23-26-34(24-12-8-4)25-20-15-11-7-3/h9-11,13-14,34-35,37-38H,5-8,12,15-33H2,1-4H3/b13-9-,14-10-. The second-order valence-corrected chi connectivity index (χ2v) is 11.8. The van der Waals surface area contributed by atoms with Crippen LogP contribution in [0.2, 0.25) is 0 Å². The predicted molar refractivity (Wildman–Crippen MR) is 178 cm³/mol. The monoisotopic (exact) mass is 594 g/mol. The minimum Gasteiger partial charge on any atom is -0.465 e. The highest BCUT2D eigenvalue weighted by molar-refractivity contribution is 5.69. The quantitative estimate of drug-likeness (QED) is 0.0364. The molecule has 0 spiro atoms. The van der Waals surface area contributed by atoms with E-state index in [4.69, 9.17) is 14.2 Å². The fourth-order valence-corrected chi connectivity index (χ4v) is 5.06. The van der Waals surface area contributed by atoms with Crippen LogP contribution in [0, 0.1) is 18.3 Å². The van der Waals surface area contributed by atoms with Crippen molar-refractivity contribution in [2.45, 2.75) is 162 Å². The zero-order valence-corrected chi connectivity index (χ0v) is 28.2. The number of hydrogen-bond donors (Lipinski definition) is 1. The Morgan fingerprint density at radius 2 is 1.24 bits per heavy atom. The third kappa shape index (κ3) is 27.7. The molecule has 5 heteroatoms. The molecule has 0 aliphatic heterocycles. The van der Waals surface area contributed by atoms with E-state index in [0.717, 1.165) is 76.5 Å². The highest BCUT2D eigenvalue weighted by Crippen LogP contribution is 2.24. The molecular weight excluding hydrogens is 524 g/mol.